The lowest BCUT2D eigenvalue weighted by molar-refractivity contribution is 0.444. The van der Waals surface area contributed by atoms with Crippen LogP contribution in [-0.4, -0.2) is 9.78 Å². The molecule has 2 aromatic rings. The summed E-state index contributed by atoms with van der Waals surface area (Å²) in [6.07, 6.45) is 3.75. The molecule has 0 radical (unpaired) electrons. The summed E-state index contributed by atoms with van der Waals surface area (Å²) in [6.45, 7) is 0.838. The summed E-state index contributed by atoms with van der Waals surface area (Å²) in [4.78, 5) is 0. The minimum absolute atomic E-state index is 0. The number of benzene rings is 1. The van der Waals surface area contributed by atoms with Crippen LogP contribution in [0.3, 0.4) is 0 Å². The quantitative estimate of drug-likeness (QED) is 0.879. The molecule has 0 atom stereocenters. The molecule has 0 amide bonds. The third kappa shape index (κ3) is 3.71. The monoisotopic (exact) mass is 291 g/mol. The van der Waals surface area contributed by atoms with Gasteiger partial charge in [-0.25, -0.2) is 13.2 Å². The Labute approximate surface area is 114 Å². The van der Waals surface area contributed by atoms with Crippen LogP contribution in [0.25, 0.3) is 0 Å². The van der Waals surface area contributed by atoms with Crippen molar-refractivity contribution in [2.45, 2.75) is 19.5 Å². The van der Waals surface area contributed by atoms with Crippen molar-refractivity contribution in [3.63, 3.8) is 0 Å². The molecular weight excluding hydrogens is 279 g/mol. The summed E-state index contributed by atoms with van der Waals surface area (Å²) < 4.78 is 40.3. The van der Waals surface area contributed by atoms with E-state index in [-0.39, 0.29) is 12.4 Å². The predicted octanol–water partition coefficient (Wildman–Crippen LogP) is 2.42. The average molecular weight is 292 g/mol. The Morgan fingerprint density at radius 2 is 1.74 bits per heavy atom. The molecule has 0 fully saturated rings. The molecule has 7 heteroatoms. The molecule has 0 unspecified atom stereocenters. The molecule has 0 saturated heterocycles. The van der Waals surface area contributed by atoms with Crippen LogP contribution in [0.4, 0.5) is 13.2 Å². The van der Waals surface area contributed by atoms with Gasteiger partial charge in [0.1, 0.15) is 0 Å². The lowest BCUT2D eigenvalue weighted by atomic mass is 10.1. The van der Waals surface area contributed by atoms with Crippen LogP contribution in [0.1, 0.15) is 11.1 Å². The van der Waals surface area contributed by atoms with Crippen LogP contribution in [0.15, 0.2) is 24.5 Å². The second-order valence-corrected chi connectivity index (χ2v) is 3.94. The van der Waals surface area contributed by atoms with E-state index in [1.165, 1.54) is 0 Å². The van der Waals surface area contributed by atoms with E-state index in [2.05, 4.69) is 5.10 Å². The van der Waals surface area contributed by atoms with Gasteiger partial charge < -0.3 is 5.73 Å². The minimum Gasteiger partial charge on any atom is -0.326 e. The van der Waals surface area contributed by atoms with Crippen LogP contribution < -0.4 is 5.73 Å². The first-order valence-electron chi connectivity index (χ1n) is 5.45. The largest absolute Gasteiger partial charge is 0.326 e. The van der Waals surface area contributed by atoms with E-state index < -0.39 is 17.5 Å². The molecule has 0 bridgehead atoms. The summed E-state index contributed by atoms with van der Waals surface area (Å²) in [5.74, 6) is -3.79. The number of halogens is 4. The van der Waals surface area contributed by atoms with Gasteiger partial charge in [-0.05, 0) is 24.1 Å². The second kappa shape index (κ2) is 6.58. The van der Waals surface area contributed by atoms with E-state index >= 15 is 0 Å². The van der Waals surface area contributed by atoms with Gasteiger partial charge in [-0.3, -0.25) is 4.68 Å². The van der Waals surface area contributed by atoms with Gasteiger partial charge in [0.15, 0.2) is 17.5 Å². The van der Waals surface area contributed by atoms with E-state index in [0.717, 1.165) is 17.7 Å². The van der Waals surface area contributed by atoms with Gasteiger partial charge in [0.05, 0.1) is 6.20 Å². The van der Waals surface area contributed by atoms with Crippen molar-refractivity contribution in [3.8, 4) is 0 Å². The maximum Gasteiger partial charge on any atom is 0.194 e. The van der Waals surface area contributed by atoms with Crippen LogP contribution in [-0.2, 0) is 19.5 Å². The lowest BCUT2D eigenvalue weighted by Gasteiger charge is -2.04. The van der Waals surface area contributed by atoms with E-state index in [9.17, 15) is 13.2 Å². The highest BCUT2D eigenvalue weighted by Gasteiger charge is 2.10. The molecule has 0 spiro atoms. The van der Waals surface area contributed by atoms with Crippen LogP contribution in [0, 0.1) is 17.5 Å². The van der Waals surface area contributed by atoms with Crippen molar-refractivity contribution in [2.75, 3.05) is 0 Å². The highest BCUT2D eigenvalue weighted by Crippen LogP contribution is 2.14. The Morgan fingerprint density at radius 3 is 2.26 bits per heavy atom. The standard InChI is InChI=1S/C12H12F3N3.ClH/c13-10-3-8(4-11(14)12(10)15)1-2-18-7-9(5-16)6-17-18;/h3-4,6-7H,1-2,5,16H2;1H. The van der Waals surface area contributed by atoms with Gasteiger partial charge in [0.25, 0.3) is 0 Å². The van der Waals surface area contributed by atoms with Crippen molar-refractivity contribution in [1.29, 1.82) is 0 Å². The highest BCUT2D eigenvalue weighted by atomic mass is 35.5. The normalized spacial score (nSPS) is 10.3. The second-order valence-electron chi connectivity index (χ2n) is 3.94. The number of aromatic nitrogens is 2. The number of hydrogen-bond acceptors (Lipinski definition) is 2. The van der Waals surface area contributed by atoms with Crippen molar-refractivity contribution in [2.24, 2.45) is 5.73 Å². The Hall–Kier alpha value is -1.53. The fourth-order valence-corrected chi connectivity index (χ4v) is 1.63. The number of rotatable bonds is 4. The van der Waals surface area contributed by atoms with Gasteiger partial charge in [0, 0.05) is 24.8 Å². The summed E-state index contributed by atoms with van der Waals surface area (Å²) in [5.41, 5.74) is 6.70. The first-order valence-corrected chi connectivity index (χ1v) is 5.45. The third-order valence-corrected chi connectivity index (χ3v) is 2.60. The number of nitrogens with two attached hydrogens (primary N) is 1. The highest BCUT2D eigenvalue weighted by molar-refractivity contribution is 5.85. The van der Waals surface area contributed by atoms with Gasteiger partial charge in [-0.1, -0.05) is 0 Å². The maximum atomic E-state index is 13.0. The summed E-state index contributed by atoms with van der Waals surface area (Å²) in [7, 11) is 0. The van der Waals surface area contributed by atoms with Gasteiger partial charge in [-0.2, -0.15) is 5.10 Å². The van der Waals surface area contributed by atoms with E-state index in [4.69, 9.17) is 5.73 Å². The van der Waals surface area contributed by atoms with Gasteiger partial charge >= 0.3 is 0 Å². The molecule has 1 aromatic heterocycles. The summed E-state index contributed by atoms with van der Waals surface area (Å²) >= 11 is 0. The summed E-state index contributed by atoms with van der Waals surface area (Å²) in [6, 6.07) is 1.98. The molecule has 104 valence electrons. The average Bonchev–Trinajstić information content (AvgIpc) is 2.81. The van der Waals surface area contributed by atoms with Crippen molar-refractivity contribution >= 4 is 12.4 Å². The number of nitrogens with zero attached hydrogens (tertiary/aromatic N) is 2. The predicted molar refractivity (Wildman–Crippen MR) is 67.4 cm³/mol. The molecule has 0 saturated carbocycles. The zero-order valence-corrected chi connectivity index (χ0v) is 10.8. The molecule has 2 rings (SSSR count). The van der Waals surface area contributed by atoms with Crippen molar-refractivity contribution in [3.05, 3.63) is 53.1 Å². The zero-order chi connectivity index (χ0) is 13.1. The Bertz CT molecular complexity index is 534. The van der Waals surface area contributed by atoms with Gasteiger partial charge in [-0.15, -0.1) is 12.4 Å². The molecular formula is C12H13ClF3N3. The lowest BCUT2D eigenvalue weighted by Crippen LogP contribution is -2.03. The Morgan fingerprint density at radius 1 is 1.11 bits per heavy atom. The SMILES string of the molecule is Cl.NCc1cnn(CCc2cc(F)c(F)c(F)c2)c1. The fraction of sp³-hybridized carbons (Fsp3) is 0.250. The smallest absolute Gasteiger partial charge is 0.194 e. The number of hydrogen-bond donors (Lipinski definition) is 1. The molecule has 0 aliphatic heterocycles. The third-order valence-electron chi connectivity index (χ3n) is 2.60. The molecule has 3 nitrogen and oxygen atoms in total. The van der Waals surface area contributed by atoms with Crippen molar-refractivity contribution in [1.82, 2.24) is 9.78 Å². The van der Waals surface area contributed by atoms with Crippen LogP contribution in [0.2, 0.25) is 0 Å². The van der Waals surface area contributed by atoms with Gasteiger partial charge in [0.2, 0.25) is 0 Å². The molecule has 0 aliphatic rings. The molecule has 2 N–H and O–H groups in total. The first kappa shape index (κ1) is 15.5. The Balaban J connectivity index is 0.00000180. The van der Waals surface area contributed by atoms with Crippen LogP contribution >= 0.6 is 12.4 Å². The van der Waals surface area contributed by atoms with Crippen molar-refractivity contribution < 1.29 is 13.2 Å². The molecule has 0 aliphatic carbocycles. The maximum absolute atomic E-state index is 13.0. The van der Waals surface area contributed by atoms with Crippen LogP contribution in [0.5, 0.6) is 0 Å². The van der Waals surface area contributed by atoms with E-state index in [0.29, 0.717) is 25.1 Å². The topological polar surface area (TPSA) is 43.8 Å². The fourth-order valence-electron chi connectivity index (χ4n) is 1.63. The van der Waals surface area contributed by atoms with E-state index in [1.807, 2.05) is 0 Å². The summed E-state index contributed by atoms with van der Waals surface area (Å²) in [5, 5.41) is 4.04. The van der Waals surface area contributed by atoms with E-state index in [1.54, 1.807) is 17.1 Å². The minimum atomic E-state index is -1.44. The number of aryl methyl sites for hydroxylation is 2. The zero-order valence-electron chi connectivity index (χ0n) is 9.94. The molecule has 19 heavy (non-hydrogen) atoms. The molecule has 1 aromatic carbocycles. The Kier molecular flexibility index (Phi) is 5.38. The molecule has 1 heterocycles. The first-order chi connectivity index (χ1) is 8.60.